The standard InChI is InChI=1S/C19H18O3Se/c1-14-18(19(20)15-8-4-2-5-9-15)12-16(22-14)13-23(21)17-10-6-3-7-11-17/h2-11,16H,12-13H2,1H3. The van der Waals surface area contributed by atoms with Gasteiger partial charge in [0.05, 0.1) is 0 Å². The Morgan fingerprint density at radius 1 is 1.09 bits per heavy atom. The third kappa shape index (κ3) is 3.66. The number of carbonyl (C=O) groups is 1. The van der Waals surface area contributed by atoms with Crippen molar-refractivity contribution < 1.29 is 13.4 Å². The molecule has 1 heterocycles. The van der Waals surface area contributed by atoms with Gasteiger partial charge in [0, 0.05) is 0 Å². The minimum atomic E-state index is -2.14. The third-order valence-corrected chi connectivity index (χ3v) is 6.94. The zero-order chi connectivity index (χ0) is 16.2. The Morgan fingerprint density at radius 2 is 1.70 bits per heavy atom. The van der Waals surface area contributed by atoms with Crippen molar-refractivity contribution in [3.8, 4) is 0 Å². The SMILES string of the molecule is CC1=C(C(=O)c2ccccc2)CC(C[Se](=O)c2ccccc2)O1. The van der Waals surface area contributed by atoms with Crippen LogP contribution in [0.2, 0.25) is 5.32 Å². The van der Waals surface area contributed by atoms with Crippen LogP contribution in [-0.4, -0.2) is 25.7 Å². The maximum absolute atomic E-state index is 12.6. The van der Waals surface area contributed by atoms with Gasteiger partial charge in [-0.2, -0.15) is 0 Å². The molecule has 0 saturated heterocycles. The summed E-state index contributed by atoms with van der Waals surface area (Å²) >= 11 is -2.14. The molecule has 0 radical (unpaired) electrons. The molecule has 23 heavy (non-hydrogen) atoms. The molecule has 4 heteroatoms. The summed E-state index contributed by atoms with van der Waals surface area (Å²) < 4.78 is 19.2. The minimum absolute atomic E-state index is 0.00719. The second kappa shape index (κ2) is 7.03. The van der Waals surface area contributed by atoms with Gasteiger partial charge in [-0.3, -0.25) is 0 Å². The summed E-state index contributed by atoms with van der Waals surface area (Å²) in [7, 11) is 0. The van der Waals surface area contributed by atoms with Crippen LogP contribution in [0.4, 0.5) is 0 Å². The van der Waals surface area contributed by atoms with Crippen LogP contribution < -0.4 is 4.46 Å². The first-order valence-electron chi connectivity index (χ1n) is 7.54. The number of carbonyl (C=O) groups excluding carboxylic acids is 1. The van der Waals surface area contributed by atoms with E-state index in [-0.39, 0.29) is 11.9 Å². The van der Waals surface area contributed by atoms with Crippen molar-refractivity contribution in [2.24, 2.45) is 0 Å². The Labute approximate surface area is 140 Å². The molecule has 0 aliphatic carbocycles. The monoisotopic (exact) mass is 374 g/mol. The van der Waals surface area contributed by atoms with Gasteiger partial charge in [0.1, 0.15) is 0 Å². The van der Waals surface area contributed by atoms with Gasteiger partial charge in [-0.05, 0) is 0 Å². The van der Waals surface area contributed by atoms with Crippen LogP contribution in [0.3, 0.4) is 0 Å². The molecule has 0 spiro atoms. The molecule has 0 saturated carbocycles. The molecule has 3 rings (SSSR count). The molecular weight excluding hydrogens is 355 g/mol. The molecule has 3 nitrogen and oxygen atoms in total. The predicted octanol–water partition coefficient (Wildman–Crippen LogP) is 3.26. The van der Waals surface area contributed by atoms with E-state index < -0.39 is 13.8 Å². The number of allylic oxidation sites excluding steroid dienone is 1. The van der Waals surface area contributed by atoms with Crippen LogP contribution in [0, 0.1) is 0 Å². The van der Waals surface area contributed by atoms with Gasteiger partial charge >= 0.3 is 140 Å². The topological polar surface area (TPSA) is 43.4 Å². The summed E-state index contributed by atoms with van der Waals surface area (Å²) in [6, 6.07) is 18.7. The summed E-state index contributed by atoms with van der Waals surface area (Å²) in [6.45, 7) is 1.82. The Kier molecular flexibility index (Phi) is 4.85. The number of benzene rings is 2. The van der Waals surface area contributed by atoms with Gasteiger partial charge in [0.15, 0.2) is 0 Å². The fourth-order valence-corrected chi connectivity index (χ4v) is 5.15. The van der Waals surface area contributed by atoms with E-state index in [4.69, 9.17) is 4.74 Å². The summed E-state index contributed by atoms with van der Waals surface area (Å²) in [5.74, 6) is 0.670. The van der Waals surface area contributed by atoms with E-state index in [2.05, 4.69) is 0 Å². The van der Waals surface area contributed by atoms with Crippen LogP contribution in [-0.2, 0) is 8.57 Å². The Morgan fingerprint density at radius 3 is 2.35 bits per heavy atom. The zero-order valence-electron chi connectivity index (χ0n) is 12.9. The number of hydrogen-bond donors (Lipinski definition) is 0. The van der Waals surface area contributed by atoms with E-state index in [1.165, 1.54) is 0 Å². The summed E-state index contributed by atoms with van der Waals surface area (Å²) in [5, 5.41) is 0.493. The van der Waals surface area contributed by atoms with Crippen molar-refractivity contribution in [2.75, 3.05) is 0 Å². The number of hydrogen-bond acceptors (Lipinski definition) is 3. The molecule has 0 aromatic heterocycles. The molecule has 0 bridgehead atoms. The molecule has 2 unspecified atom stereocenters. The summed E-state index contributed by atoms with van der Waals surface area (Å²) in [4.78, 5) is 12.6. The van der Waals surface area contributed by atoms with Gasteiger partial charge in [-0.15, -0.1) is 0 Å². The summed E-state index contributed by atoms with van der Waals surface area (Å²) in [5.41, 5.74) is 1.37. The van der Waals surface area contributed by atoms with Crippen LogP contribution >= 0.6 is 0 Å². The van der Waals surface area contributed by atoms with Crippen LogP contribution in [0.25, 0.3) is 0 Å². The quantitative estimate of drug-likeness (QED) is 0.597. The van der Waals surface area contributed by atoms with E-state index in [0.29, 0.717) is 28.6 Å². The molecule has 0 fully saturated rings. The molecule has 118 valence electrons. The van der Waals surface area contributed by atoms with Crippen molar-refractivity contribution in [1.82, 2.24) is 0 Å². The van der Waals surface area contributed by atoms with E-state index in [0.717, 1.165) is 4.46 Å². The fraction of sp³-hybridized carbons (Fsp3) is 0.211. The van der Waals surface area contributed by atoms with Crippen molar-refractivity contribution >= 4 is 24.1 Å². The third-order valence-electron chi connectivity index (χ3n) is 3.85. The van der Waals surface area contributed by atoms with Gasteiger partial charge in [0.2, 0.25) is 0 Å². The average Bonchev–Trinajstić information content (AvgIpc) is 2.96. The van der Waals surface area contributed by atoms with Gasteiger partial charge in [-0.25, -0.2) is 0 Å². The molecule has 2 aromatic carbocycles. The molecule has 0 amide bonds. The second-order valence-corrected chi connectivity index (χ2v) is 8.64. The van der Waals surface area contributed by atoms with Crippen LogP contribution in [0.15, 0.2) is 72.0 Å². The number of Topliss-reactive ketones (excluding diaryl/α,β-unsaturated/α-hetero) is 1. The van der Waals surface area contributed by atoms with Crippen molar-refractivity contribution in [3.05, 3.63) is 77.6 Å². The van der Waals surface area contributed by atoms with Gasteiger partial charge in [0.25, 0.3) is 0 Å². The van der Waals surface area contributed by atoms with E-state index in [9.17, 15) is 8.63 Å². The van der Waals surface area contributed by atoms with E-state index in [1.807, 2.05) is 67.6 Å². The first-order valence-corrected chi connectivity index (χ1v) is 10.3. The van der Waals surface area contributed by atoms with Gasteiger partial charge < -0.3 is 0 Å². The van der Waals surface area contributed by atoms with Crippen molar-refractivity contribution in [2.45, 2.75) is 24.8 Å². The predicted molar refractivity (Wildman–Crippen MR) is 90.3 cm³/mol. The number of ketones is 1. The Bertz CT molecular complexity index is 751. The zero-order valence-corrected chi connectivity index (χ0v) is 14.6. The maximum atomic E-state index is 12.6. The molecule has 0 N–H and O–H groups in total. The Hall–Kier alpha value is -2.03. The van der Waals surface area contributed by atoms with Crippen LogP contribution in [0.5, 0.6) is 0 Å². The Balaban J connectivity index is 1.67. The average molecular weight is 373 g/mol. The van der Waals surface area contributed by atoms with Crippen LogP contribution in [0.1, 0.15) is 23.7 Å². The first-order chi connectivity index (χ1) is 11.1. The molecule has 1 aliphatic rings. The van der Waals surface area contributed by atoms with Gasteiger partial charge in [-0.1, -0.05) is 0 Å². The van der Waals surface area contributed by atoms with E-state index >= 15 is 0 Å². The normalized spacial score (nSPS) is 18.6. The second-order valence-electron chi connectivity index (χ2n) is 5.50. The molecule has 1 aliphatic heterocycles. The summed E-state index contributed by atoms with van der Waals surface area (Å²) in [6.07, 6.45) is 0.370. The van der Waals surface area contributed by atoms with Crippen molar-refractivity contribution in [1.29, 1.82) is 0 Å². The molecule has 2 aromatic rings. The van der Waals surface area contributed by atoms with E-state index in [1.54, 1.807) is 0 Å². The molecule has 2 atom stereocenters. The molecular formula is C19H18O3Se. The number of rotatable bonds is 5. The van der Waals surface area contributed by atoms with Crippen molar-refractivity contribution in [3.63, 3.8) is 0 Å². The number of ether oxygens (including phenoxy) is 1. The first kappa shape index (κ1) is 15.8. The fourth-order valence-electron chi connectivity index (χ4n) is 2.68.